The molecule has 0 fully saturated rings. The average Bonchev–Trinajstić information content (AvgIpc) is 2.37. The lowest BCUT2D eigenvalue weighted by Gasteiger charge is -2.05. The first kappa shape index (κ1) is 14.1. The van der Waals surface area contributed by atoms with Crippen LogP contribution < -0.4 is 10.6 Å². The molecule has 0 aromatic heterocycles. The Hall–Kier alpha value is -1.95. The maximum atomic E-state index is 11.3. The number of carbonyl (C=O) groups excluding carboxylic acids is 1. The molecule has 0 unspecified atom stereocenters. The Kier molecular flexibility index (Phi) is 5.79. The Morgan fingerprint density at radius 3 is 2.56 bits per heavy atom. The van der Waals surface area contributed by atoms with Crippen LogP contribution in [0.4, 0.5) is 5.69 Å². The summed E-state index contributed by atoms with van der Waals surface area (Å²) in [5.74, 6) is -0.0428. The highest BCUT2D eigenvalue weighted by atomic mass is 16.6. The molecule has 0 atom stereocenters. The summed E-state index contributed by atoms with van der Waals surface area (Å²) in [5.41, 5.74) is 1.04. The van der Waals surface area contributed by atoms with Crippen molar-refractivity contribution in [1.29, 1.82) is 0 Å². The SMILES string of the molecule is CCNCC(=O)NCCc1ccc([N+](=O)[O-])cc1. The zero-order valence-electron chi connectivity index (χ0n) is 10.3. The minimum Gasteiger partial charge on any atom is -0.355 e. The van der Waals surface area contributed by atoms with Crippen molar-refractivity contribution in [3.8, 4) is 0 Å². The summed E-state index contributed by atoms with van der Waals surface area (Å²) in [4.78, 5) is 21.3. The third-order valence-electron chi connectivity index (χ3n) is 2.42. The number of hydrogen-bond acceptors (Lipinski definition) is 4. The van der Waals surface area contributed by atoms with E-state index in [2.05, 4.69) is 10.6 Å². The van der Waals surface area contributed by atoms with Gasteiger partial charge in [-0.2, -0.15) is 0 Å². The van der Waals surface area contributed by atoms with E-state index in [-0.39, 0.29) is 11.6 Å². The molecule has 0 aliphatic carbocycles. The highest BCUT2D eigenvalue weighted by molar-refractivity contribution is 5.77. The second kappa shape index (κ2) is 7.39. The first-order valence-electron chi connectivity index (χ1n) is 5.84. The van der Waals surface area contributed by atoms with Gasteiger partial charge in [0.25, 0.3) is 5.69 Å². The van der Waals surface area contributed by atoms with Crippen molar-refractivity contribution in [2.75, 3.05) is 19.6 Å². The van der Waals surface area contributed by atoms with Gasteiger partial charge in [0.2, 0.25) is 5.91 Å². The van der Waals surface area contributed by atoms with Crippen LogP contribution >= 0.6 is 0 Å². The first-order chi connectivity index (χ1) is 8.63. The third kappa shape index (κ3) is 4.92. The van der Waals surface area contributed by atoms with E-state index in [1.807, 2.05) is 6.92 Å². The van der Waals surface area contributed by atoms with Gasteiger partial charge in [-0.25, -0.2) is 0 Å². The van der Waals surface area contributed by atoms with Crippen LogP contribution in [0.2, 0.25) is 0 Å². The fourth-order valence-corrected chi connectivity index (χ4v) is 1.43. The molecule has 0 bridgehead atoms. The Morgan fingerprint density at radius 2 is 2.00 bits per heavy atom. The van der Waals surface area contributed by atoms with Gasteiger partial charge in [-0.1, -0.05) is 19.1 Å². The van der Waals surface area contributed by atoms with Crippen molar-refractivity contribution in [1.82, 2.24) is 10.6 Å². The van der Waals surface area contributed by atoms with Crippen molar-refractivity contribution in [2.24, 2.45) is 0 Å². The summed E-state index contributed by atoms with van der Waals surface area (Å²) in [5, 5.41) is 16.2. The second-order valence-corrected chi connectivity index (χ2v) is 3.80. The molecule has 1 amide bonds. The minimum atomic E-state index is -0.429. The van der Waals surface area contributed by atoms with Crippen LogP contribution in [0, 0.1) is 10.1 Å². The van der Waals surface area contributed by atoms with Crippen LogP contribution in [0.25, 0.3) is 0 Å². The number of nitro groups is 1. The van der Waals surface area contributed by atoms with E-state index in [4.69, 9.17) is 0 Å². The van der Waals surface area contributed by atoms with E-state index in [1.165, 1.54) is 12.1 Å². The van der Waals surface area contributed by atoms with Crippen LogP contribution in [0.3, 0.4) is 0 Å². The van der Waals surface area contributed by atoms with E-state index in [0.717, 1.165) is 12.1 Å². The van der Waals surface area contributed by atoms with Gasteiger partial charge in [-0.15, -0.1) is 0 Å². The van der Waals surface area contributed by atoms with Crippen molar-refractivity contribution in [3.63, 3.8) is 0 Å². The molecule has 1 aromatic rings. The maximum Gasteiger partial charge on any atom is 0.269 e. The van der Waals surface area contributed by atoms with Crippen molar-refractivity contribution >= 4 is 11.6 Å². The standard InChI is InChI=1S/C12H17N3O3/c1-2-13-9-12(16)14-8-7-10-3-5-11(6-4-10)15(17)18/h3-6,13H,2,7-9H2,1H3,(H,14,16). The lowest BCUT2D eigenvalue weighted by atomic mass is 10.1. The number of amides is 1. The molecule has 6 heteroatoms. The summed E-state index contributed by atoms with van der Waals surface area (Å²) in [7, 11) is 0. The number of nitro benzene ring substituents is 1. The van der Waals surface area contributed by atoms with Crippen molar-refractivity contribution < 1.29 is 9.72 Å². The lowest BCUT2D eigenvalue weighted by molar-refractivity contribution is -0.384. The van der Waals surface area contributed by atoms with Crippen LogP contribution in [-0.2, 0) is 11.2 Å². The normalized spacial score (nSPS) is 10.1. The van der Waals surface area contributed by atoms with E-state index < -0.39 is 4.92 Å². The van der Waals surface area contributed by atoms with Gasteiger partial charge in [-0.3, -0.25) is 14.9 Å². The first-order valence-corrected chi connectivity index (χ1v) is 5.84. The number of hydrogen-bond donors (Lipinski definition) is 2. The smallest absolute Gasteiger partial charge is 0.269 e. The lowest BCUT2D eigenvalue weighted by Crippen LogP contribution is -2.34. The zero-order chi connectivity index (χ0) is 13.4. The predicted molar refractivity (Wildman–Crippen MR) is 68.4 cm³/mol. The molecule has 98 valence electrons. The van der Waals surface area contributed by atoms with E-state index in [1.54, 1.807) is 12.1 Å². The molecule has 0 aliphatic heterocycles. The molecule has 18 heavy (non-hydrogen) atoms. The van der Waals surface area contributed by atoms with Crippen molar-refractivity contribution in [2.45, 2.75) is 13.3 Å². The number of rotatable bonds is 7. The van der Waals surface area contributed by atoms with E-state index in [0.29, 0.717) is 19.5 Å². The van der Waals surface area contributed by atoms with Crippen LogP contribution in [0.15, 0.2) is 24.3 Å². The summed E-state index contributed by atoms with van der Waals surface area (Å²) in [6, 6.07) is 6.34. The number of nitrogens with zero attached hydrogens (tertiary/aromatic N) is 1. The number of carbonyl (C=O) groups is 1. The number of benzene rings is 1. The molecule has 1 rings (SSSR count). The summed E-state index contributed by atoms with van der Waals surface area (Å²) in [6.07, 6.45) is 0.663. The number of non-ortho nitro benzene ring substituents is 1. The largest absolute Gasteiger partial charge is 0.355 e. The Labute approximate surface area is 106 Å². The second-order valence-electron chi connectivity index (χ2n) is 3.80. The number of likely N-dealkylation sites (N-methyl/N-ethyl adjacent to an activating group) is 1. The highest BCUT2D eigenvalue weighted by Crippen LogP contribution is 2.11. The van der Waals surface area contributed by atoms with Crippen molar-refractivity contribution in [3.05, 3.63) is 39.9 Å². The van der Waals surface area contributed by atoms with Gasteiger partial charge >= 0.3 is 0 Å². The van der Waals surface area contributed by atoms with E-state index >= 15 is 0 Å². The zero-order valence-corrected chi connectivity index (χ0v) is 10.3. The predicted octanol–water partition coefficient (Wildman–Crippen LogP) is 0.863. The van der Waals surface area contributed by atoms with Gasteiger partial charge in [-0.05, 0) is 18.5 Å². The van der Waals surface area contributed by atoms with Crippen LogP contribution in [0.1, 0.15) is 12.5 Å². The molecule has 0 heterocycles. The summed E-state index contributed by atoms with van der Waals surface area (Å²) < 4.78 is 0. The molecular formula is C12H17N3O3. The molecule has 0 saturated heterocycles. The molecule has 1 aromatic carbocycles. The fourth-order valence-electron chi connectivity index (χ4n) is 1.43. The minimum absolute atomic E-state index is 0.0428. The monoisotopic (exact) mass is 251 g/mol. The van der Waals surface area contributed by atoms with Gasteiger partial charge in [0.1, 0.15) is 0 Å². The highest BCUT2D eigenvalue weighted by Gasteiger charge is 2.04. The van der Waals surface area contributed by atoms with Crippen LogP contribution in [0.5, 0.6) is 0 Å². The number of nitrogens with one attached hydrogen (secondary N) is 2. The summed E-state index contributed by atoms with van der Waals surface area (Å²) >= 11 is 0. The summed E-state index contributed by atoms with van der Waals surface area (Å²) in [6.45, 7) is 3.54. The molecule has 0 radical (unpaired) electrons. The quantitative estimate of drug-likeness (QED) is 0.556. The van der Waals surface area contributed by atoms with Gasteiger partial charge in [0.15, 0.2) is 0 Å². The topological polar surface area (TPSA) is 84.3 Å². The Balaban J connectivity index is 2.31. The molecule has 0 aliphatic rings. The van der Waals surface area contributed by atoms with Crippen LogP contribution in [-0.4, -0.2) is 30.5 Å². The van der Waals surface area contributed by atoms with Gasteiger partial charge in [0.05, 0.1) is 11.5 Å². The fraction of sp³-hybridized carbons (Fsp3) is 0.417. The molecule has 0 saturated carbocycles. The molecule has 0 spiro atoms. The average molecular weight is 251 g/mol. The molecule has 6 nitrogen and oxygen atoms in total. The third-order valence-corrected chi connectivity index (χ3v) is 2.42. The van der Waals surface area contributed by atoms with E-state index in [9.17, 15) is 14.9 Å². The molecular weight excluding hydrogens is 234 g/mol. The maximum absolute atomic E-state index is 11.3. The Morgan fingerprint density at radius 1 is 1.33 bits per heavy atom. The van der Waals surface area contributed by atoms with Gasteiger partial charge in [0, 0.05) is 18.7 Å². The molecule has 2 N–H and O–H groups in total. The Bertz CT molecular complexity index is 404. The van der Waals surface area contributed by atoms with Gasteiger partial charge < -0.3 is 10.6 Å².